The van der Waals surface area contributed by atoms with Crippen LogP contribution in [-0.2, 0) is 0 Å². The van der Waals surface area contributed by atoms with Crippen molar-refractivity contribution in [3.05, 3.63) is 0 Å². The zero-order valence-electron chi connectivity index (χ0n) is 12.0. The van der Waals surface area contributed by atoms with Gasteiger partial charge in [0.2, 0.25) is 0 Å². The van der Waals surface area contributed by atoms with E-state index in [1.807, 2.05) is 0 Å². The second-order valence-electron chi connectivity index (χ2n) is 3.83. The van der Waals surface area contributed by atoms with E-state index in [1.54, 1.807) is 0 Å². The summed E-state index contributed by atoms with van der Waals surface area (Å²) in [6, 6.07) is 0. The van der Waals surface area contributed by atoms with E-state index < -0.39 is 0 Å². The summed E-state index contributed by atoms with van der Waals surface area (Å²) in [6.07, 6.45) is 14.5. The molecule has 0 unspecified atom stereocenters. The van der Waals surface area contributed by atoms with Crippen molar-refractivity contribution in [1.82, 2.24) is 0 Å². The molecule has 0 aromatic rings. The standard InChI is InChI=1S/C6H12.C6H14.2CH4O/c1-2-4-6-5-3-1;1-3-5-6-4-2;2*1-2/h1-6H2;3-6H2,1-2H3;2*2H,1H3. The lowest BCUT2D eigenvalue weighted by molar-refractivity contribution is 0.399. The number of hydrogen-bond donors (Lipinski definition) is 2. The summed E-state index contributed by atoms with van der Waals surface area (Å²) in [4.78, 5) is 0. The Morgan fingerprint density at radius 1 is 0.562 bits per heavy atom. The SMILES string of the molecule is C1CCCCC1.CCCCCC.CO.CO. The third-order valence-corrected chi connectivity index (χ3v) is 2.46. The molecule has 0 radical (unpaired) electrons. The molecule has 0 heterocycles. The molecule has 0 aliphatic heterocycles. The zero-order chi connectivity index (χ0) is 13.1. The average molecular weight is 234 g/mol. The molecule has 1 fully saturated rings. The van der Waals surface area contributed by atoms with Gasteiger partial charge in [-0.3, -0.25) is 0 Å². The molecule has 16 heavy (non-hydrogen) atoms. The Bertz CT molecular complexity index is 55.6. The Hall–Kier alpha value is -0.0800. The molecular weight excluding hydrogens is 200 g/mol. The van der Waals surface area contributed by atoms with Crippen molar-refractivity contribution >= 4 is 0 Å². The quantitative estimate of drug-likeness (QED) is 0.720. The van der Waals surface area contributed by atoms with Crippen molar-refractivity contribution in [2.45, 2.75) is 78.1 Å². The highest BCUT2D eigenvalue weighted by Crippen LogP contribution is 2.15. The van der Waals surface area contributed by atoms with E-state index in [0.717, 1.165) is 14.2 Å². The van der Waals surface area contributed by atoms with Gasteiger partial charge < -0.3 is 10.2 Å². The average Bonchev–Trinajstić information content (AvgIpc) is 2.43. The number of hydrogen-bond acceptors (Lipinski definition) is 2. The van der Waals surface area contributed by atoms with Crippen molar-refractivity contribution in [3.63, 3.8) is 0 Å². The van der Waals surface area contributed by atoms with Crippen LogP contribution in [0.2, 0.25) is 0 Å². The van der Waals surface area contributed by atoms with Crippen LogP contribution < -0.4 is 0 Å². The highest BCUT2D eigenvalue weighted by atomic mass is 16.2. The van der Waals surface area contributed by atoms with Gasteiger partial charge in [0, 0.05) is 14.2 Å². The fraction of sp³-hybridized carbons (Fsp3) is 1.00. The molecule has 1 aliphatic carbocycles. The van der Waals surface area contributed by atoms with Crippen LogP contribution in [0.1, 0.15) is 78.1 Å². The first-order valence-electron chi connectivity index (χ1n) is 6.81. The second kappa shape index (κ2) is 29.4. The summed E-state index contributed by atoms with van der Waals surface area (Å²) in [7, 11) is 2.00. The molecule has 1 saturated carbocycles. The van der Waals surface area contributed by atoms with E-state index in [4.69, 9.17) is 10.2 Å². The predicted octanol–water partition coefficient (Wildman–Crippen LogP) is 4.14. The minimum atomic E-state index is 1.00. The Balaban J connectivity index is -0.000000162. The molecule has 1 aliphatic rings. The lowest BCUT2D eigenvalue weighted by Gasteiger charge is -2.05. The van der Waals surface area contributed by atoms with Crippen LogP contribution in [0.25, 0.3) is 0 Å². The van der Waals surface area contributed by atoms with E-state index in [0.29, 0.717) is 0 Å². The van der Waals surface area contributed by atoms with E-state index in [9.17, 15) is 0 Å². The fourth-order valence-electron chi connectivity index (χ4n) is 1.56. The van der Waals surface area contributed by atoms with E-state index in [-0.39, 0.29) is 0 Å². The van der Waals surface area contributed by atoms with Gasteiger partial charge in [-0.1, -0.05) is 78.1 Å². The summed E-state index contributed by atoms with van der Waals surface area (Å²) in [6.45, 7) is 4.46. The smallest absolute Gasteiger partial charge is 0.0319 e. The minimum Gasteiger partial charge on any atom is -0.400 e. The van der Waals surface area contributed by atoms with Crippen LogP contribution in [0.15, 0.2) is 0 Å². The second-order valence-corrected chi connectivity index (χ2v) is 3.83. The van der Waals surface area contributed by atoms with Crippen molar-refractivity contribution < 1.29 is 10.2 Å². The molecule has 2 heteroatoms. The van der Waals surface area contributed by atoms with Crippen molar-refractivity contribution in [3.8, 4) is 0 Å². The number of aliphatic hydroxyl groups is 2. The van der Waals surface area contributed by atoms with Crippen molar-refractivity contribution in [1.29, 1.82) is 0 Å². The molecule has 0 aromatic heterocycles. The van der Waals surface area contributed by atoms with E-state index in [1.165, 1.54) is 64.2 Å². The predicted molar refractivity (Wildman–Crippen MR) is 73.8 cm³/mol. The largest absolute Gasteiger partial charge is 0.400 e. The van der Waals surface area contributed by atoms with Gasteiger partial charge in [-0.2, -0.15) is 0 Å². The van der Waals surface area contributed by atoms with E-state index >= 15 is 0 Å². The Labute approximate surface area is 103 Å². The van der Waals surface area contributed by atoms with Crippen LogP contribution in [0.4, 0.5) is 0 Å². The molecule has 2 N–H and O–H groups in total. The van der Waals surface area contributed by atoms with Crippen molar-refractivity contribution in [2.75, 3.05) is 14.2 Å². The summed E-state index contributed by atoms with van der Waals surface area (Å²) in [5, 5.41) is 14.0. The van der Waals surface area contributed by atoms with Gasteiger partial charge in [0.25, 0.3) is 0 Å². The molecular formula is C14H34O2. The minimum absolute atomic E-state index is 1.00. The first-order valence-corrected chi connectivity index (χ1v) is 6.81. The van der Waals surface area contributed by atoms with Gasteiger partial charge in [-0.05, 0) is 0 Å². The topological polar surface area (TPSA) is 40.5 Å². The number of aliphatic hydroxyl groups excluding tert-OH is 2. The first-order chi connectivity index (χ1) is 7.91. The van der Waals surface area contributed by atoms with E-state index in [2.05, 4.69) is 13.8 Å². The Kier molecular flexibility index (Phi) is 39.0. The molecule has 0 spiro atoms. The first kappa shape index (κ1) is 21.2. The molecule has 0 saturated heterocycles. The normalized spacial score (nSPS) is 13.1. The van der Waals surface area contributed by atoms with Crippen LogP contribution in [-0.4, -0.2) is 24.4 Å². The Morgan fingerprint density at radius 3 is 0.875 bits per heavy atom. The lowest BCUT2D eigenvalue weighted by Crippen LogP contribution is -1.85. The summed E-state index contributed by atoms with van der Waals surface area (Å²) in [5.41, 5.74) is 0. The van der Waals surface area contributed by atoms with Crippen LogP contribution in [0.5, 0.6) is 0 Å². The number of unbranched alkanes of at least 4 members (excludes halogenated alkanes) is 3. The monoisotopic (exact) mass is 234 g/mol. The van der Waals surface area contributed by atoms with Gasteiger partial charge in [-0.15, -0.1) is 0 Å². The molecule has 2 nitrogen and oxygen atoms in total. The van der Waals surface area contributed by atoms with Gasteiger partial charge in [0.1, 0.15) is 0 Å². The maximum Gasteiger partial charge on any atom is 0.0319 e. The third kappa shape index (κ3) is 29.2. The van der Waals surface area contributed by atoms with Gasteiger partial charge >= 0.3 is 0 Å². The maximum atomic E-state index is 7.00. The lowest BCUT2D eigenvalue weighted by atomic mass is 10.0. The third-order valence-electron chi connectivity index (χ3n) is 2.46. The zero-order valence-corrected chi connectivity index (χ0v) is 12.0. The fourth-order valence-corrected chi connectivity index (χ4v) is 1.56. The molecule has 0 amide bonds. The summed E-state index contributed by atoms with van der Waals surface area (Å²) in [5.74, 6) is 0. The van der Waals surface area contributed by atoms with Crippen LogP contribution >= 0.6 is 0 Å². The number of rotatable bonds is 3. The maximum absolute atomic E-state index is 7.00. The molecule has 0 bridgehead atoms. The highest BCUT2D eigenvalue weighted by molar-refractivity contribution is 4.51. The summed E-state index contributed by atoms with van der Waals surface area (Å²) < 4.78 is 0. The Morgan fingerprint density at radius 2 is 0.750 bits per heavy atom. The highest BCUT2D eigenvalue weighted by Gasteiger charge is 1.95. The van der Waals surface area contributed by atoms with Crippen molar-refractivity contribution in [2.24, 2.45) is 0 Å². The molecule has 0 atom stereocenters. The summed E-state index contributed by atoms with van der Waals surface area (Å²) >= 11 is 0. The molecule has 1 rings (SSSR count). The van der Waals surface area contributed by atoms with Crippen LogP contribution in [0, 0.1) is 0 Å². The van der Waals surface area contributed by atoms with Gasteiger partial charge in [0.05, 0.1) is 0 Å². The van der Waals surface area contributed by atoms with Crippen LogP contribution in [0.3, 0.4) is 0 Å². The molecule has 102 valence electrons. The van der Waals surface area contributed by atoms with Gasteiger partial charge in [-0.25, -0.2) is 0 Å². The van der Waals surface area contributed by atoms with Gasteiger partial charge in [0.15, 0.2) is 0 Å². The molecule has 0 aromatic carbocycles.